The molecule has 7 heteroatoms. The lowest BCUT2D eigenvalue weighted by Crippen LogP contribution is -2.13. The lowest BCUT2D eigenvalue weighted by Gasteiger charge is -2.11. The Morgan fingerprint density at radius 1 is 0.667 bits per heavy atom. The average molecular weight is 254 g/mol. The summed E-state index contributed by atoms with van der Waals surface area (Å²) in [4.78, 5) is 0. The quantitative estimate of drug-likeness (QED) is 0.708. The fourth-order valence-electron chi connectivity index (χ4n) is 1.07. The fraction of sp³-hybridized carbons (Fsp3) is 1.00. The summed E-state index contributed by atoms with van der Waals surface area (Å²) in [6, 6.07) is 0. The van der Waals surface area contributed by atoms with E-state index in [0.29, 0.717) is 0 Å². The van der Waals surface area contributed by atoms with Crippen molar-refractivity contribution < 1.29 is 22.4 Å². The summed E-state index contributed by atoms with van der Waals surface area (Å²) in [5, 5.41) is 0. The van der Waals surface area contributed by atoms with Crippen molar-refractivity contribution >= 4 is 17.2 Å². The van der Waals surface area contributed by atoms with Crippen molar-refractivity contribution in [2.45, 2.75) is 52.1 Å². The molecule has 5 nitrogen and oxygen atoms in total. The van der Waals surface area contributed by atoms with Crippen LogP contribution in [-0.4, -0.2) is 24.4 Å². The van der Waals surface area contributed by atoms with Gasteiger partial charge in [0.1, 0.15) is 0 Å². The van der Waals surface area contributed by atoms with Gasteiger partial charge in [0.15, 0.2) is 0 Å². The lowest BCUT2D eigenvalue weighted by atomic mass is 10.3. The van der Waals surface area contributed by atoms with Crippen LogP contribution in [-0.2, 0) is 22.4 Å². The van der Waals surface area contributed by atoms with Crippen LogP contribution in [0.1, 0.15) is 27.7 Å². The van der Waals surface area contributed by atoms with E-state index in [-0.39, 0.29) is 24.4 Å². The molecule has 0 aromatic carbocycles. The number of hydrogen-bond donors (Lipinski definition) is 0. The van der Waals surface area contributed by atoms with Gasteiger partial charge in [0.05, 0.1) is 24.4 Å². The minimum absolute atomic E-state index is 0.0727. The summed E-state index contributed by atoms with van der Waals surface area (Å²) in [6.07, 6.45) is 0.291. The summed E-state index contributed by atoms with van der Waals surface area (Å²) < 4.78 is 27.4. The molecule has 0 aromatic heterocycles. The van der Waals surface area contributed by atoms with Crippen molar-refractivity contribution in [2.24, 2.45) is 0 Å². The molecule has 88 valence electrons. The van der Waals surface area contributed by atoms with Gasteiger partial charge in [-0.2, -0.15) is 0 Å². The van der Waals surface area contributed by atoms with Gasteiger partial charge in [-0.3, -0.25) is 0 Å². The van der Waals surface area contributed by atoms with Gasteiger partial charge >= 0.3 is 17.2 Å². The molecular weight excluding hydrogens is 238 g/mol. The molecule has 2 fully saturated rings. The largest absolute Gasteiger partial charge is 0.340 e. The molecule has 0 N–H and O–H groups in total. The zero-order chi connectivity index (χ0) is 11.0. The Hall–Kier alpha value is 0.660. The van der Waals surface area contributed by atoms with Crippen LogP contribution in [0.5, 0.6) is 0 Å². The van der Waals surface area contributed by atoms with Crippen LogP contribution in [0.15, 0.2) is 0 Å². The summed E-state index contributed by atoms with van der Waals surface area (Å²) in [5.41, 5.74) is 0. The fourth-order valence-corrected chi connectivity index (χ4v) is 3.99. The van der Waals surface area contributed by atoms with Crippen LogP contribution in [0, 0.1) is 0 Å². The van der Waals surface area contributed by atoms with Gasteiger partial charge < -0.3 is 18.1 Å². The van der Waals surface area contributed by atoms with E-state index in [1.54, 1.807) is 0 Å². The van der Waals surface area contributed by atoms with Gasteiger partial charge in [0, 0.05) is 0 Å². The molecule has 2 aliphatic rings. The van der Waals surface area contributed by atoms with E-state index < -0.39 is 17.2 Å². The molecule has 0 saturated carbocycles. The zero-order valence-corrected chi connectivity index (χ0v) is 11.0. The summed E-state index contributed by atoms with van der Waals surface area (Å²) in [6.45, 7) is 7.85. The van der Waals surface area contributed by atoms with E-state index in [1.807, 2.05) is 27.7 Å². The van der Waals surface area contributed by atoms with Crippen molar-refractivity contribution in [3.8, 4) is 0 Å². The topological polar surface area (TPSA) is 46.2 Å². The maximum absolute atomic E-state index is 5.49. The Labute approximate surface area is 92.4 Å². The van der Waals surface area contributed by atoms with Crippen LogP contribution < -0.4 is 0 Å². The van der Waals surface area contributed by atoms with Gasteiger partial charge in [0.2, 0.25) is 0 Å². The first-order chi connectivity index (χ1) is 7.06. The standard InChI is InChI=1S/C8H16O5P2/c1-5-6(2)10-14(9-5)13-15-11-7(3)8(4)12-15/h5-8H,1-4H3. The van der Waals surface area contributed by atoms with E-state index >= 15 is 0 Å². The smallest absolute Gasteiger partial charge is 0.306 e. The third-order valence-corrected chi connectivity index (χ3v) is 5.55. The molecule has 0 radical (unpaired) electrons. The maximum atomic E-state index is 5.49. The number of hydrogen-bond acceptors (Lipinski definition) is 5. The Morgan fingerprint density at radius 3 is 1.20 bits per heavy atom. The van der Waals surface area contributed by atoms with Crippen LogP contribution in [0.25, 0.3) is 0 Å². The van der Waals surface area contributed by atoms with Crippen molar-refractivity contribution in [3.63, 3.8) is 0 Å². The van der Waals surface area contributed by atoms with E-state index in [2.05, 4.69) is 0 Å². The molecule has 0 bridgehead atoms. The lowest BCUT2D eigenvalue weighted by molar-refractivity contribution is 0.187. The predicted octanol–water partition coefficient (Wildman–Crippen LogP) is 3.10. The summed E-state index contributed by atoms with van der Waals surface area (Å²) in [7, 11) is -2.59. The first-order valence-electron chi connectivity index (χ1n) is 5.01. The van der Waals surface area contributed by atoms with Gasteiger partial charge in [-0.15, -0.1) is 0 Å². The van der Waals surface area contributed by atoms with Crippen LogP contribution in [0.4, 0.5) is 0 Å². The van der Waals surface area contributed by atoms with Gasteiger partial charge in [-0.25, -0.2) is 4.31 Å². The second-order valence-corrected chi connectivity index (χ2v) is 6.16. The molecule has 4 unspecified atom stereocenters. The Balaban J connectivity index is 1.79. The normalized spacial score (nSPS) is 51.2. The highest BCUT2D eigenvalue weighted by Crippen LogP contribution is 2.62. The Morgan fingerprint density at radius 2 is 0.933 bits per heavy atom. The zero-order valence-electron chi connectivity index (χ0n) is 9.25. The van der Waals surface area contributed by atoms with E-state index in [4.69, 9.17) is 22.4 Å². The SMILES string of the molecule is CC1OP(OP2OC(C)C(C)O2)OC1C. The summed E-state index contributed by atoms with van der Waals surface area (Å²) in [5.74, 6) is 0. The molecule has 0 aromatic rings. The number of rotatable bonds is 2. The predicted molar refractivity (Wildman–Crippen MR) is 57.1 cm³/mol. The highest BCUT2D eigenvalue weighted by molar-refractivity contribution is 7.55. The summed E-state index contributed by atoms with van der Waals surface area (Å²) >= 11 is 0. The first kappa shape index (κ1) is 12.1. The molecule has 2 heterocycles. The van der Waals surface area contributed by atoms with Crippen LogP contribution >= 0.6 is 17.2 Å². The second-order valence-electron chi connectivity index (χ2n) is 3.77. The second kappa shape index (κ2) is 4.89. The van der Waals surface area contributed by atoms with Crippen molar-refractivity contribution in [1.29, 1.82) is 0 Å². The van der Waals surface area contributed by atoms with E-state index in [0.717, 1.165) is 0 Å². The Bertz CT molecular complexity index is 187. The van der Waals surface area contributed by atoms with Gasteiger partial charge in [-0.1, -0.05) is 0 Å². The minimum atomic E-state index is -1.29. The third-order valence-electron chi connectivity index (χ3n) is 2.46. The highest BCUT2D eigenvalue weighted by atomic mass is 31.2. The van der Waals surface area contributed by atoms with Crippen molar-refractivity contribution in [3.05, 3.63) is 0 Å². The van der Waals surface area contributed by atoms with Gasteiger partial charge in [-0.05, 0) is 27.7 Å². The van der Waals surface area contributed by atoms with Crippen molar-refractivity contribution in [1.82, 2.24) is 0 Å². The van der Waals surface area contributed by atoms with Crippen LogP contribution in [0.3, 0.4) is 0 Å². The van der Waals surface area contributed by atoms with Crippen molar-refractivity contribution in [2.75, 3.05) is 0 Å². The first-order valence-corrected chi connectivity index (χ1v) is 7.21. The van der Waals surface area contributed by atoms with Gasteiger partial charge in [0.25, 0.3) is 0 Å². The molecule has 0 spiro atoms. The third kappa shape index (κ3) is 2.86. The molecule has 0 amide bonds. The minimum Gasteiger partial charge on any atom is -0.306 e. The maximum Gasteiger partial charge on any atom is 0.340 e. The molecule has 15 heavy (non-hydrogen) atoms. The monoisotopic (exact) mass is 254 g/mol. The average Bonchev–Trinajstić information content (AvgIpc) is 2.59. The molecule has 0 aliphatic carbocycles. The molecule has 2 aliphatic heterocycles. The van der Waals surface area contributed by atoms with E-state index in [9.17, 15) is 0 Å². The Kier molecular flexibility index (Phi) is 3.95. The molecule has 2 saturated heterocycles. The highest BCUT2D eigenvalue weighted by Gasteiger charge is 2.40. The van der Waals surface area contributed by atoms with E-state index in [1.165, 1.54) is 0 Å². The molecular formula is C8H16O5P2. The van der Waals surface area contributed by atoms with Crippen LogP contribution in [0.2, 0.25) is 0 Å². The molecule has 4 atom stereocenters. The molecule has 2 rings (SSSR count).